The number of amides is 2. The maximum Gasteiger partial charge on any atom is 0.368 e. The van der Waals surface area contributed by atoms with Crippen LogP contribution in [0, 0.1) is 5.92 Å². The smallest absolute Gasteiger partial charge is 0.368 e. The number of fused-ring (bicyclic) bond motifs is 1. The van der Waals surface area contributed by atoms with Crippen molar-refractivity contribution in [2.45, 2.75) is 13.3 Å². The first-order chi connectivity index (χ1) is 9.01. The highest BCUT2D eigenvalue weighted by atomic mass is 16.5. The molecule has 98 valence electrons. The molecule has 6 nitrogen and oxygen atoms in total. The second-order valence-corrected chi connectivity index (χ2v) is 4.26. The van der Waals surface area contributed by atoms with Crippen LogP contribution in [0.4, 0.5) is 4.79 Å². The van der Waals surface area contributed by atoms with Crippen LogP contribution in [-0.4, -0.2) is 24.9 Å². The third kappa shape index (κ3) is 2.73. The summed E-state index contributed by atoms with van der Waals surface area (Å²) in [5.41, 5.74) is 0.406. The number of nitrogens with zero attached hydrogens (tertiary/aromatic N) is 2. The third-order valence-corrected chi connectivity index (χ3v) is 2.84. The van der Waals surface area contributed by atoms with Crippen molar-refractivity contribution in [3.8, 4) is 0 Å². The first-order valence-corrected chi connectivity index (χ1v) is 5.74. The summed E-state index contributed by atoms with van der Waals surface area (Å²) < 4.78 is 4.53. The number of carbonyl (C=O) groups is 3. The monoisotopic (exact) mass is 260 g/mol. The first-order valence-electron chi connectivity index (χ1n) is 5.74. The topological polar surface area (TPSA) is 85.2 Å². The number of rotatable bonds is 4. The Labute approximate surface area is 108 Å². The zero-order valence-corrected chi connectivity index (χ0v) is 10.5. The summed E-state index contributed by atoms with van der Waals surface area (Å²) in [6.07, 6.45) is 0.0207. The summed E-state index contributed by atoms with van der Waals surface area (Å²) in [4.78, 5) is 41.6. The fraction of sp³-hybridized carbons (Fsp3) is 0.308. The molecule has 0 spiro atoms. The predicted molar refractivity (Wildman–Crippen MR) is 64.3 cm³/mol. The molecular formula is C13H12N2O4. The third-order valence-electron chi connectivity index (χ3n) is 2.84. The van der Waals surface area contributed by atoms with Gasteiger partial charge in [0.15, 0.2) is 5.78 Å². The van der Waals surface area contributed by atoms with E-state index in [4.69, 9.17) is 0 Å². The van der Waals surface area contributed by atoms with Gasteiger partial charge in [0.1, 0.15) is 0 Å². The summed E-state index contributed by atoms with van der Waals surface area (Å²) in [5, 5.41) is 0.850. The zero-order valence-electron chi connectivity index (χ0n) is 10.5. The number of carbonyl (C=O) groups excluding carboxylic acids is 3. The zero-order chi connectivity index (χ0) is 14.0. The lowest BCUT2D eigenvalue weighted by atomic mass is 9.96. The van der Waals surface area contributed by atoms with E-state index in [0.717, 1.165) is 0 Å². The normalized spacial score (nSPS) is 14.1. The standard InChI is InChI=1S/C13H12N2O4/c1-7(5-11(16)19-2)12(17)8-3-4-9-10(6-8)15-13(18)14-9/h3-4,6-7H,5H2,1-2H3. The lowest BCUT2D eigenvalue weighted by molar-refractivity contribution is -0.141. The molecule has 0 aromatic heterocycles. The van der Waals surface area contributed by atoms with E-state index in [1.165, 1.54) is 13.2 Å². The molecule has 2 amide bonds. The Morgan fingerprint density at radius 1 is 1.26 bits per heavy atom. The number of esters is 1. The van der Waals surface area contributed by atoms with Gasteiger partial charge in [-0.1, -0.05) is 6.92 Å². The van der Waals surface area contributed by atoms with Crippen LogP contribution in [-0.2, 0) is 9.53 Å². The van der Waals surface area contributed by atoms with Gasteiger partial charge >= 0.3 is 12.0 Å². The van der Waals surface area contributed by atoms with Crippen LogP contribution < -0.4 is 10.7 Å². The molecule has 0 N–H and O–H groups in total. The van der Waals surface area contributed by atoms with Crippen molar-refractivity contribution in [2.75, 3.05) is 7.11 Å². The molecule has 0 fully saturated rings. The minimum absolute atomic E-state index is 0.0207. The quantitative estimate of drug-likeness (QED) is 0.580. The Bertz CT molecular complexity index is 678. The number of hydrogen-bond acceptors (Lipinski definition) is 4. The molecule has 6 heteroatoms. The number of methoxy groups -OCH3 is 1. The largest absolute Gasteiger partial charge is 0.469 e. The van der Waals surface area contributed by atoms with E-state index in [2.05, 4.69) is 14.7 Å². The van der Waals surface area contributed by atoms with Crippen molar-refractivity contribution in [1.29, 1.82) is 0 Å². The summed E-state index contributed by atoms with van der Waals surface area (Å²) in [6, 6.07) is 4.09. The van der Waals surface area contributed by atoms with E-state index in [9.17, 15) is 14.4 Å². The average molecular weight is 260 g/mol. The molecule has 1 aromatic carbocycles. The van der Waals surface area contributed by atoms with Crippen molar-refractivity contribution in [3.63, 3.8) is 0 Å². The molecule has 0 saturated carbocycles. The van der Waals surface area contributed by atoms with Gasteiger partial charge in [-0.25, -0.2) is 4.79 Å². The van der Waals surface area contributed by atoms with Crippen LogP contribution >= 0.6 is 0 Å². The Kier molecular flexibility index (Phi) is 3.50. The van der Waals surface area contributed by atoms with Gasteiger partial charge in [-0.05, 0) is 18.2 Å². The fourth-order valence-electron chi connectivity index (χ4n) is 1.80. The fourth-order valence-corrected chi connectivity index (χ4v) is 1.80. The van der Waals surface area contributed by atoms with Gasteiger partial charge in [-0.15, -0.1) is 0 Å². The molecule has 1 unspecified atom stereocenters. The van der Waals surface area contributed by atoms with Gasteiger partial charge in [-0.2, -0.15) is 9.98 Å². The molecule has 1 aromatic rings. The van der Waals surface area contributed by atoms with Crippen molar-refractivity contribution in [2.24, 2.45) is 15.9 Å². The van der Waals surface area contributed by atoms with Gasteiger partial charge < -0.3 is 4.74 Å². The lowest BCUT2D eigenvalue weighted by Gasteiger charge is -2.08. The molecule has 0 aliphatic carbocycles. The Balaban J connectivity index is 2.25. The van der Waals surface area contributed by atoms with Crippen LogP contribution in [0.2, 0.25) is 0 Å². The van der Waals surface area contributed by atoms with E-state index < -0.39 is 17.9 Å². The Morgan fingerprint density at radius 3 is 2.63 bits per heavy atom. The number of ether oxygens (including phenoxy) is 1. The highest BCUT2D eigenvalue weighted by Gasteiger charge is 2.19. The molecule has 1 atom stereocenters. The summed E-state index contributed by atoms with van der Waals surface area (Å²) in [5.74, 6) is -1.11. The van der Waals surface area contributed by atoms with Crippen LogP contribution in [0.5, 0.6) is 0 Å². The molecule has 2 rings (SSSR count). The molecule has 0 bridgehead atoms. The maximum atomic E-state index is 12.1. The minimum atomic E-state index is -0.567. The van der Waals surface area contributed by atoms with Crippen molar-refractivity contribution >= 4 is 17.8 Å². The Morgan fingerprint density at radius 2 is 1.95 bits per heavy atom. The van der Waals surface area contributed by atoms with Crippen LogP contribution in [0.3, 0.4) is 0 Å². The number of urea groups is 1. The Hall–Kier alpha value is -2.37. The second kappa shape index (κ2) is 5.09. The SMILES string of the molecule is COC(=O)CC(C)C(=O)c1ccc2c(c1)=NC(=O)N=2. The van der Waals surface area contributed by atoms with E-state index in [-0.39, 0.29) is 12.2 Å². The highest BCUT2D eigenvalue weighted by molar-refractivity contribution is 5.99. The number of Topliss-reactive ketones (excluding diaryl/α,β-unsaturated/α-hetero) is 1. The van der Waals surface area contributed by atoms with Crippen LogP contribution in [0.25, 0.3) is 0 Å². The second-order valence-electron chi connectivity index (χ2n) is 4.26. The van der Waals surface area contributed by atoms with E-state index >= 15 is 0 Å². The average Bonchev–Trinajstić information content (AvgIpc) is 2.76. The molecule has 1 aliphatic heterocycles. The molecule has 0 radical (unpaired) electrons. The molecule has 0 saturated heterocycles. The van der Waals surface area contributed by atoms with Gasteiger partial charge in [0.25, 0.3) is 0 Å². The highest BCUT2D eigenvalue weighted by Crippen LogP contribution is 2.11. The summed E-state index contributed by atoms with van der Waals surface area (Å²) in [6.45, 7) is 1.65. The van der Waals surface area contributed by atoms with Crippen LogP contribution in [0.1, 0.15) is 23.7 Å². The minimum Gasteiger partial charge on any atom is -0.469 e. The number of hydrogen-bond donors (Lipinski definition) is 0. The van der Waals surface area contributed by atoms with Crippen molar-refractivity contribution in [1.82, 2.24) is 0 Å². The first kappa shape index (κ1) is 13.1. The van der Waals surface area contributed by atoms with Crippen LogP contribution in [0.15, 0.2) is 28.2 Å². The van der Waals surface area contributed by atoms with E-state index in [1.54, 1.807) is 19.1 Å². The van der Waals surface area contributed by atoms with Gasteiger partial charge in [0.05, 0.1) is 24.2 Å². The number of ketones is 1. The molecule has 1 heterocycles. The maximum absolute atomic E-state index is 12.1. The molecule has 1 aliphatic rings. The van der Waals surface area contributed by atoms with Crippen molar-refractivity contribution in [3.05, 3.63) is 34.5 Å². The molecule has 19 heavy (non-hydrogen) atoms. The number of benzene rings is 1. The lowest BCUT2D eigenvalue weighted by Crippen LogP contribution is -2.24. The van der Waals surface area contributed by atoms with Gasteiger partial charge in [0.2, 0.25) is 0 Å². The van der Waals surface area contributed by atoms with E-state index in [0.29, 0.717) is 16.3 Å². The predicted octanol–water partition coefficient (Wildman–Crippen LogP) is 0.441. The molecular weight excluding hydrogens is 248 g/mol. The van der Waals surface area contributed by atoms with Gasteiger partial charge in [0, 0.05) is 11.5 Å². The summed E-state index contributed by atoms with van der Waals surface area (Å²) >= 11 is 0. The summed E-state index contributed by atoms with van der Waals surface area (Å²) in [7, 11) is 1.28. The van der Waals surface area contributed by atoms with E-state index in [1.807, 2.05) is 0 Å². The van der Waals surface area contributed by atoms with Crippen molar-refractivity contribution < 1.29 is 19.1 Å². The van der Waals surface area contributed by atoms with Gasteiger partial charge in [-0.3, -0.25) is 9.59 Å².